The van der Waals surface area contributed by atoms with E-state index in [4.69, 9.17) is 16.3 Å². The lowest BCUT2D eigenvalue weighted by Crippen LogP contribution is -2.50. The van der Waals surface area contributed by atoms with Crippen LogP contribution in [0, 0.1) is 0 Å². The van der Waals surface area contributed by atoms with Crippen molar-refractivity contribution in [3.05, 3.63) is 83.4 Å². The number of nitrogens with one attached hydrogen (secondary N) is 2. The van der Waals surface area contributed by atoms with E-state index in [0.29, 0.717) is 49.0 Å². The van der Waals surface area contributed by atoms with Gasteiger partial charge in [-0.1, -0.05) is 35.9 Å². The van der Waals surface area contributed by atoms with Crippen LogP contribution in [0.3, 0.4) is 0 Å². The summed E-state index contributed by atoms with van der Waals surface area (Å²) in [6, 6.07) is 13.0. The SMILES string of the molecule is O=C(Nc1cncc2ccccc12)C1(CNCc2cnn(C3CCS(=O)(=O)C3)c2)CCOc2ccc(Cl)cc21. The lowest BCUT2D eigenvalue weighted by molar-refractivity contribution is -0.122. The summed E-state index contributed by atoms with van der Waals surface area (Å²) in [5.74, 6) is 0.769. The van der Waals surface area contributed by atoms with Crippen LogP contribution < -0.4 is 15.4 Å². The number of hydrogen-bond donors (Lipinski definition) is 2. The number of carbonyl (C=O) groups is 1. The van der Waals surface area contributed by atoms with Gasteiger partial charge in [0.15, 0.2) is 9.84 Å². The Balaban J connectivity index is 1.26. The molecule has 2 atom stereocenters. The zero-order valence-electron chi connectivity index (χ0n) is 21.1. The fourth-order valence-corrected chi connectivity index (χ4v) is 7.38. The monoisotopic (exact) mass is 565 g/mol. The number of rotatable bonds is 7. The Morgan fingerprint density at radius 3 is 2.90 bits per heavy atom. The van der Waals surface area contributed by atoms with Gasteiger partial charge in [0.1, 0.15) is 5.75 Å². The Bertz CT molecular complexity index is 1650. The third kappa shape index (κ3) is 5.11. The molecule has 0 spiro atoms. The first kappa shape index (κ1) is 25.8. The molecule has 0 bridgehead atoms. The molecule has 2 aromatic heterocycles. The van der Waals surface area contributed by atoms with Gasteiger partial charge in [0, 0.05) is 58.8 Å². The summed E-state index contributed by atoms with van der Waals surface area (Å²) in [5, 5.41) is 13.4. The number of nitrogens with zero attached hydrogens (tertiary/aromatic N) is 3. The maximum absolute atomic E-state index is 14.1. The summed E-state index contributed by atoms with van der Waals surface area (Å²) in [6.07, 6.45) is 8.07. The van der Waals surface area contributed by atoms with Crippen LogP contribution in [-0.4, -0.2) is 53.7 Å². The predicted molar refractivity (Wildman–Crippen MR) is 150 cm³/mol. The summed E-state index contributed by atoms with van der Waals surface area (Å²) in [4.78, 5) is 18.5. The number of amides is 1. The Labute approximate surface area is 231 Å². The molecule has 9 nitrogen and oxygen atoms in total. The fraction of sp³-hybridized carbons (Fsp3) is 0.321. The van der Waals surface area contributed by atoms with Crippen LogP contribution in [0.4, 0.5) is 5.69 Å². The van der Waals surface area contributed by atoms with Crippen molar-refractivity contribution >= 4 is 43.8 Å². The molecule has 1 amide bonds. The quantitative estimate of drug-likeness (QED) is 0.349. The molecule has 6 rings (SSSR count). The molecule has 202 valence electrons. The molecule has 2 unspecified atom stereocenters. The van der Waals surface area contributed by atoms with Crippen molar-refractivity contribution in [3.63, 3.8) is 0 Å². The topological polar surface area (TPSA) is 115 Å². The molecular formula is C28H28ClN5O4S. The van der Waals surface area contributed by atoms with E-state index in [2.05, 4.69) is 20.7 Å². The molecule has 39 heavy (non-hydrogen) atoms. The number of hydrogen-bond acceptors (Lipinski definition) is 7. The average Bonchev–Trinajstić information content (AvgIpc) is 3.55. The van der Waals surface area contributed by atoms with Gasteiger partial charge >= 0.3 is 0 Å². The van der Waals surface area contributed by atoms with E-state index in [1.807, 2.05) is 30.5 Å². The molecule has 2 aliphatic rings. The second-order valence-corrected chi connectivity index (χ2v) is 12.8. The maximum Gasteiger partial charge on any atom is 0.236 e. The molecule has 2 aliphatic heterocycles. The van der Waals surface area contributed by atoms with E-state index in [-0.39, 0.29) is 23.5 Å². The van der Waals surface area contributed by atoms with Gasteiger partial charge in [0.05, 0.1) is 47.7 Å². The molecular weight excluding hydrogens is 538 g/mol. The van der Waals surface area contributed by atoms with E-state index >= 15 is 0 Å². The first-order valence-electron chi connectivity index (χ1n) is 12.8. The van der Waals surface area contributed by atoms with E-state index in [0.717, 1.165) is 21.9 Å². The van der Waals surface area contributed by atoms with E-state index in [9.17, 15) is 13.2 Å². The Morgan fingerprint density at radius 1 is 1.18 bits per heavy atom. The highest BCUT2D eigenvalue weighted by Gasteiger charge is 2.44. The van der Waals surface area contributed by atoms with Gasteiger partial charge in [-0.3, -0.25) is 14.5 Å². The fourth-order valence-electron chi connectivity index (χ4n) is 5.50. The van der Waals surface area contributed by atoms with Crippen molar-refractivity contribution in [2.24, 2.45) is 0 Å². The van der Waals surface area contributed by atoms with Crippen molar-refractivity contribution in [3.8, 4) is 5.75 Å². The number of sulfone groups is 1. The van der Waals surface area contributed by atoms with Crippen LogP contribution in [0.2, 0.25) is 5.02 Å². The number of fused-ring (bicyclic) bond motifs is 2. The Morgan fingerprint density at radius 2 is 2.05 bits per heavy atom. The van der Waals surface area contributed by atoms with Crippen molar-refractivity contribution in [2.75, 3.05) is 30.0 Å². The zero-order valence-corrected chi connectivity index (χ0v) is 22.7. The van der Waals surface area contributed by atoms with Crippen molar-refractivity contribution in [1.29, 1.82) is 0 Å². The van der Waals surface area contributed by atoms with Gasteiger partial charge in [0.25, 0.3) is 0 Å². The molecule has 0 saturated carbocycles. The normalized spacial score (nSPS) is 21.8. The lowest BCUT2D eigenvalue weighted by atomic mass is 9.74. The summed E-state index contributed by atoms with van der Waals surface area (Å²) in [6.45, 7) is 1.17. The maximum atomic E-state index is 14.1. The second kappa shape index (κ2) is 10.3. The van der Waals surface area contributed by atoms with Gasteiger partial charge in [-0.15, -0.1) is 0 Å². The van der Waals surface area contributed by atoms with Gasteiger partial charge in [-0.2, -0.15) is 5.10 Å². The van der Waals surface area contributed by atoms with E-state index in [1.54, 1.807) is 41.5 Å². The number of ether oxygens (including phenoxy) is 1. The summed E-state index contributed by atoms with van der Waals surface area (Å²) < 4.78 is 31.4. The lowest BCUT2D eigenvalue weighted by Gasteiger charge is -2.38. The van der Waals surface area contributed by atoms with Crippen molar-refractivity contribution < 1.29 is 17.9 Å². The molecule has 0 radical (unpaired) electrons. The van der Waals surface area contributed by atoms with Crippen molar-refractivity contribution in [1.82, 2.24) is 20.1 Å². The van der Waals surface area contributed by atoms with Gasteiger partial charge < -0.3 is 15.4 Å². The third-order valence-corrected chi connectivity index (χ3v) is 9.57. The average molecular weight is 566 g/mol. The van der Waals surface area contributed by atoms with Crippen LogP contribution in [-0.2, 0) is 26.6 Å². The minimum absolute atomic E-state index is 0.116. The van der Waals surface area contributed by atoms with Crippen molar-refractivity contribution in [2.45, 2.75) is 30.8 Å². The first-order chi connectivity index (χ1) is 18.8. The van der Waals surface area contributed by atoms with Gasteiger partial charge in [-0.05, 0) is 24.6 Å². The summed E-state index contributed by atoms with van der Waals surface area (Å²) in [7, 11) is -3.00. The van der Waals surface area contributed by atoms with Crippen LogP contribution in [0.15, 0.2) is 67.3 Å². The molecule has 4 aromatic rings. The molecule has 4 heterocycles. The largest absolute Gasteiger partial charge is 0.493 e. The minimum atomic E-state index is -3.00. The zero-order chi connectivity index (χ0) is 27.0. The molecule has 11 heteroatoms. The predicted octanol–water partition coefficient (Wildman–Crippen LogP) is 3.89. The smallest absolute Gasteiger partial charge is 0.236 e. The van der Waals surface area contributed by atoms with Crippen LogP contribution in [0.5, 0.6) is 5.75 Å². The number of anilines is 1. The molecule has 2 N–H and O–H groups in total. The molecule has 0 aliphatic carbocycles. The van der Waals surface area contributed by atoms with Gasteiger partial charge in [-0.25, -0.2) is 8.42 Å². The van der Waals surface area contributed by atoms with E-state index < -0.39 is 15.3 Å². The second-order valence-electron chi connectivity index (χ2n) is 10.2. The number of benzene rings is 2. The molecule has 2 aromatic carbocycles. The first-order valence-corrected chi connectivity index (χ1v) is 15.0. The standard InChI is InChI=1S/C28H28ClN5O4S/c29-21-5-6-26-24(11-21)28(8-9-38-26,27(35)33-25-15-30-14-20-3-1-2-4-23(20)25)18-31-12-19-13-32-34(16-19)22-7-10-39(36,37)17-22/h1-6,11,13-16,22,31H,7-10,12,17-18H2,(H,33,35). The van der Waals surface area contributed by atoms with Crippen LogP contribution in [0.25, 0.3) is 10.8 Å². The summed E-state index contributed by atoms with van der Waals surface area (Å²) >= 11 is 6.39. The highest BCUT2D eigenvalue weighted by Crippen LogP contribution is 2.41. The minimum Gasteiger partial charge on any atom is -0.493 e. The number of carbonyl (C=O) groups excluding carboxylic acids is 1. The van der Waals surface area contributed by atoms with Gasteiger partial charge in [0.2, 0.25) is 5.91 Å². The van der Waals surface area contributed by atoms with Crippen LogP contribution >= 0.6 is 11.6 Å². The number of aromatic nitrogens is 3. The summed E-state index contributed by atoms with van der Waals surface area (Å²) in [5.41, 5.74) is 1.32. The highest BCUT2D eigenvalue weighted by molar-refractivity contribution is 7.91. The van der Waals surface area contributed by atoms with E-state index in [1.165, 1.54) is 0 Å². The molecule has 1 saturated heterocycles. The highest BCUT2D eigenvalue weighted by atomic mass is 35.5. The molecule has 1 fully saturated rings. The number of halogens is 1. The number of pyridine rings is 1. The Kier molecular flexibility index (Phi) is 6.78. The van der Waals surface area contributed by atoms with Crippen LogP contribution in [0.1, 0.15) is 30.0 Å². The Hall–Kier alpha value is -3.47. The third-order valence-electron chi connectivity index (χ3n) is 7.59.